The van der Waals surface area contributed by atoms with E-state index in [0.717, 1.165) is 23.9 Å². The molecule has 1 N–H and O–H groups in total. The smallest absolute Gasteiger partial charge is 0.417 e. The Kier molecular flexibility index (Phi) is 4.60. The second-order valence-electron chi connectivity index (χ2n) is 4.37. The zero-order valence-corrected chi connectivity index (χ0v) is 12.0. The maximum atomic E-state index is 13.1. The number of halogens is 3. The van der Waals surface area contributed by atoms with Crippen LogP contribution in [0.1, 0.15) is 15.9 Å². The zero-order chi connectivity index (χ0) is 17.2. The summed E-state index contributed by atoms with van der Waals surface area (Å²) in [5.74, 6) is -1.46. The first-order valence-corrected chi connectivity index (χ1v) is 6.87. The van der Waals surface area contributed by atoms with E-state index in [4.69, 9.17) is 5.11 Å². The van der Waals surface area contributed by atoms with Crippen LogP contribution in [0.15, 0.2) is 52.3 Å². The quantitative estimate of drug-likeness (QED) is 0.655. The number of alkyl halides is 3. The van der Waals surface area contributed by atoms with E-state index in [1.54, 1.807) is 0 Å². The molecule has 0 unspecified atom stereocenters. The lowest BCUT2D eigenvalue weighted by Crippen LogP contribution is -2.09. The molecule has 0 aliphatic heterocycles. The molecule has 120 valence electrons. The van der Waals surface area contributed by atoms with Gasteiger partial charge in [-0.3, -0.25) is 10.1 Å². The lowest BCUT2D eigenvalue weighted by atomic mass is 10.1. The Labute approximate surface area is 131 Å². The summed E-state index contributed by atoms with van der Waals surface area (Å²) >= 11 is 0.746. The molecule has 0 aliphatic rings. The Morgan fingerprint density at radius 1 is 1.13 bits per heavy atom. The summed E-state index contributed by atoms with van der Waals surface area (Å²) in [4.78, 5) is 20.9. The highest BCUT2D eigenvalue weighted by Gasteiger charge is 2.34. The molecule has 2 aromatic rings. The van der Waals surface area contributed by atoms with Crippen molar-refractivity contribution in [2.75, 3.05) is 0 Å². The molecular weight excluding hydrogens is 335 g/mol. The molecule has 5 nitrogen and oxygen atoms in total. The summed E-state index contributed by atoms with van der Waals surface area (Å²) in [5, 5.41) is 19.4. The van der Waals surface area contributed by atoms with Crippen LogP contribution in [0.3, 0.4) is 0 Å². The van der Waals surface area contributed by atoms with Crippen LogP contribution in [0.5, 0.6) is 0 Å². The highest BCUT2D eigenvalue weighted by Crippen LogP contribution is 2.40. The average Bonchev–Trinajstić information content (AvgIpc) is 2.46. The molecular formula is C14H8F3NO4S. The Bertz CT molecular complexity index is 760. The number of non-ortho nitro benzene ring substituents is 1. The molecule has 0 amide bonds. The topological polar surface area (TPSA) is 80.4 Å². The minimum absolute atomic E-state index is 0.174. The molecule has 2 aromatic carbocycles. The van der Waals surface area contributed by atoms with E-state index >= 15 is 0 Å². The van der Waals surface area contributed by atoms with E-state index in [1.807, 2.05) is 0 Å². The van der Waals surface area contributed by atoms with Crippen LogP contribution in [0, 0.1) is 10.1 Å². The van der Waals surface area contributed by atoms with Crippen molar-refractivity contribution < 1.29 is 28.0 Å². The van der Waals surface area contributed by atoms with Gasteiger partial charge in [0.05, 0.1) is 16.1 Å². The van der Waals surface area contributed by atoms with Gasteiger partial charge in [-0.1, -0.05) is 11.8 Å². The summed E-state index contributed by atoms with van der Waals surface area (Å²) in [6.45, 7) is 0. The first-order valence-electron chi connectivity index (χ1n) is 6.05. The largest absolute Gasteiger partial charge is 0.478 e. The summed E-state index contributed by atoms with van der Waals surface area (Å²) < 4.78 is 39.2. The van der Waals surface area contributed by atoms with Gasteiger partial charge in [-0.15, -0.1) is 0 Å². The molecule has 0 saturated carbocycles. The van der Waals surface area contributed by atoms with E-state index < -0.39 is 28.2 Å². The van der Waals surface area contributed by atoms with Gasteiger partial charge in [0.15, 0.2) is 0 Å². The van der Waals surface area contributed by atoms with Crippen LogP contribution in [-0.4, -0.2) is 16.0 Å². The third-order valence-corrected chi connectivity index (χ3v) is 3.89. The van der Waals surface area contributed by atoms with Crippen molar-refractivity contribution in [2.45, 2.75) is 16.0 Å². The predicted molar refractivity (Wildman–Crippen MR) is 75.6 cm³/mol. The number of hydrogen-bond donors (Lipinski definition) is 1. The van der Waals surface area contributed by atoms with Crippen LogP contribution < -0.4 is 0 Å². The van der Waals surface area contributed by atoms with Crippen LogP contribution in [0.25, 0.3) is 0 Å². The molecule has 0 fully saturated rings. The van der Waals surface area contributed by atoms with Crippen LogP contribution >= 0.6 is 11.8 Å². The van der Waals surface area contributed by atoms with Crippen molar-refractivity contribution >= 4 is 23.4 Å². The van der Waals surface area contributed by atoms with Gasteiger partial charge in [0.1, 0.15) is 0 Å². The number of rotatable bonds is 4. The number of hydrogen-bond acceptors (Lipinski definition) is 4. The van der Waals surface area contributed by atoms with Crippen LogP contribution in [-0.2, 0) is 6.18 Å². The third-order valence-electron chi connectivity index (χ3n) is 2.81. The molecule has 0 atom stereocenters. The number of carbonyl (C=O) groups is 1. The van der Waals surface area contributed by atoms with Gasteiger partial charge in [-0.2, -0.15) is 13.2 Å². The fourth-order valence-corrected chi connectivity index (χ4v) is 2.68. The second kappa shape index (κ2) is 6.29. The van der Waals surface area contributed by atoms with Gasteiger partial charge in [0.2, 0.25) is 0 Å². The van der Waals surface area contributed by atoms with Crippen LogP contribution in [0.2, 0.25) is 0 Å². The predicted octanol–water partition coefficient (Wildman–Crippen LogP) is 4.46. The van der Waals surface area contributed by atoms with Crippen molar-refractivity contribution in [1.82, 2.24) is 0 Å². The number of carboxylic acid groups (broad SMARTS) is 1. The van der Waals surface area contributed by atoms with Crippen molar-refractivity contribution in [3.05, 3.63) is 63.7 Å². The summed E-state index contributed by atoms with van der Waals surface area (Å²) in [6, 6.07) is 7.73. The standard InChI is InChI=1S/C14H8F3NO4S/c15-14(16,17)11-7-8(13(19)20)1-6-12(11)23-10-4-2-9(3-5-10)18(21)22/h1-7H,(H,19,20). The monoisotopic (exact) mass is 343 g/mol. The first kappa shape index (κ1) is 16.8. The number of nitrogens with zero attached hydrogens (tertiary/aromatic N) is 1. The van der Waals surface area contributed by atoms with Gasteiger partial charge < -0.3 is 5.11 Å². The highest BCUT2D eigenvalue weighted by atomic mass is 32.2. The molecule has 9 heteroatoms. The summed E-state index contributed by atoms with van der Waals surface area (Å²) in [7, 11) is 0. The Hall–Kier alpha value is -2.55. The van der Waals surface area contributed by atoms with Crippen molar-refractivity contribution in [3.63, 3.8) is 0 Å². The van der Waals surface area contributed by atoms with Gasteiger partial charge in [0, 0.05) is 21.9 Å². The SMILES string of the molecule is O=C(O)c1ccc(Sc2ccc([N+](=O)[O-])cc2)c(C(F)(F)F)c1. The number of carboxylic acids is 1. The Balaban J connectivity index is 2.39. The number of aromatic carboxylic acids is 1. The molecule has 0 saturated heterocycles. The maximum absolute atomic E-state index is 13.1. The number of nitro benzene ring substituents is 1. The van der Waals surface area contributed by atoms with Crippen LogP contribution in [0.4, 0.5) is 18.9 Å². The van der Waals surface area contributed by atoms with Gasteiger partial charge in [0.25, 0.3) is 5.69 Å². The molecule has 0 aromatic heterocycles. The Morgan fingerprint density at radius 2 is 1.74 bits per heavy atom. The summed E-state index contributed by atoms with van der Waals surface area (Å²) in [6.07, 6.45) is -4.71. The second-order valence-corrected chi connectivity index (χ2v) is 5.48. The fourth-order valence-electron chi connectivity index (χ4n) is 1.74. The molecule has 0 bridgehead atoms. The van der Waals surface area contributed by atoms with Crippen molar-refractivity contribution in [1.29, 1.82) is 0 Å². The van der Waals surface area contributed by atoms with Crippen molar-refractivity contribution in [3.8, 4) is 0 Å². The lowest BCUT2D eigenvalue weighted by Gasteiger charge is -2.13. The first-order chi connectivity index (χ1) is 10.7. The van der Waals surface area contributed by atoms with E-state index in [0.29, 0.717) is 11.0 Å². The van der Waals surface area contributed by atoms with E-state index in [-0.39, 0.29) is 10.6 Å². The summed E-state index contributed by atoms with van der Waals surface area (Å²) in [5.41, 5.74) is -1.71. The molecule has 2 rings (SSSR count). The zero-order valence-electron chi connectivity index (χ0n) is 11.2. The molecule has 0 radical (unpaired) electrons. The van der Waals surface area contributed by atoms with E-state index in [9.17, 15) is 28.1 Å². The normalized spacial score (nSPS) is 11.3. The fraction of sp³-hybridized carbons (Fsp3) is 0.0714. The average molecular weight is 343 g/mol. The van der Waals surface area contributed by atoms with Gasteiger partial charge >= 0.3 is 12.1 Å². The minimum atomic E-state index is -4.71. The van der Waals surface area contributed by atoms with E-state index in [1.165, 1.54) is 24.3 Å². The lowest BCUT2D eigenvalue weighted by molar-refractivity contribution is -0.384. The van der Waals surface area contributed by atoms with Crippen molar-refractivity contribution in [2.24, 2.45) is 0 Å². The Morgan fingerprint density at radius 3 is 2.22 bits per heavy atom. The third kappa shape index (κ3) is 4.01. The highest BCUT2D eigenvalue weighted by molar-refractivity contribution is 7.99. The van der Waals surface area contributed by atoms with E-state index in [2.05, 4.69) is 0 Å². The molecule has 0 spiro atoms. The molecule has 0 heterocycles. The van der Waals surface area contributed by atoms with Gasteiger partial charge in [-0.25, -0.2) is 4.79 Å². The number of benzene rings is 2. The molecule has 23 heavy (non-hydrogen) atoms. The minimum Gasteiger partial charge on any atom is -0.478 e. The van der Waals surface area contributed by atoms with Gasteiger partial charge in [-0.05, 0) is 30.3 Å². The maximum Gasteiger partial charge on any atom is 0.417 e. The molecule has 0 aliphatic carbocycles. The number of nitro groups is 1.